The second kappa shape index (κ2) is 10.2. The van der Waals surface area contributed by atoms with Crippen molar-refractivity contribution in [2.45, 2.75) is 13.0 Å². The van der Waals surface area contributed by atoms with E-state index in [0.717, 1.165) is 9.88 Å². The Morgan fingerprint density at radius 2 is 1.78 bits per heavy atom. The Hall–Kier alpha value is -3.49. The lowest BCUT2D eigenvalue weighted by molar-refractivity contribution is -0.125. The molecule has 0 bridgehead atoms. The largest absolute Gasteiger partial charge is 0.492 e. The summed E-state index contributed by atoms with van der Waals surface area (Å²) >= 11 is 2.90. The molecule has 1 N–H and O–H groups in total. The van der Waals surface area contributed by atoms with E-state index in [0.29, 0.717) is 23.6 Å². The van der Waals surface area contributed by atoms with Crippen LogP contribution < -0.4 is 10.1 Å². The van der Waals surface area contributed by atoms with Gasteiger partial charge in [-0.2, -0.15) is 0 Å². The fourth-order valence-corrected chi connectivity index (χ4v) is 4.60. The van der Waals surface area contributed by atoms with Crippen LogP contribution in [0.3, 0.4) is 0 Å². The fraction of sp³-hybridized carbons (Fsp3) is 0.125. The van der Waals surface area contributed by atoms with Crippen molar-refractivity contribution in [3.05, 3.63) is 88.7 Å². The molecule has 6 nitrogen and oxygen atoms in total. The van der Waals surface area contributed by atoms with Crippen LogP contribution in [0.5, 0.6) is 5.75 Å². The summed E-state index contributed by atoms with van der Waals surface area (Å²) in [5, 5.41) is 7.15. The van der Waals surface area contributed by atoms with Gasteiger partial charge in [0, 0.05) is 10.9 Å². The first kappa shape index (κ1) is 21.7. The van der Waals surface area contributed by atoms with E-state index in [4.69, 9.17) is 9.47 Å². The number of benzene rings is 2. The van der Waals surface area contributed by atoms with Crippen LogP contribution in [0.4, 0.5) is 5.69 Å². The quantitative estimate of drug-likeness (QED) is 0.333. The molecule has 1 unspecified atom stereocenters. The van der Waals surface area contributed by atoms with E-state index in [-0.39, 0.29) is 5.69 Å². The van der Waals surface area contributed by atoms with Crippen molar-refractivity contribution in [3.8, 4) is 15.6 Å². The number of carbonyl (C=O) groups is 2. The summed E-state index contributed by atoms with van der Waals surface area (Å²) in [6.45, 7) is 2.33. The maximum atomic E-state index is 13.2. The lowest BCUT2D eigenvalue weighted by atomic mass is 10.1. The van der Waals surface area contributed by atoms with Crippen LogP contribution in [0.25, 0.3) is 9.88 Å². The molecule has 2 aromatic heterocycles. The first-order chi connectivity index (χ1) is 15.7. The van der Waals surface area contributed by atoms with Crippen molar-refractivity contribution in [3.63, 3.8) is 0 Å². The second-order valence-electron chi connectivity index (χ2n) is 6.63. The minimum atomic E-state index is -1.15. The number of thiazole rings is 1. The second-order valence-corrected chi connectivity index (χ2v) is 8.44. The lowest BCUT2D eigenvalue weighted by Crippen LogP contribution is -2.26. The highest BCUT2D eigenvalue weighted by Crippen LogP contribution is 2.30. The van der Waals surface area contributed by atoms with E-state index >= 15 is 0 Å². The molecule has 1 atom stereocenters. The maximum Gasteiger partial charge on any atom is 0.358 e. The van der Waals surface area contributed by atoms with Gasteiger partial charge in [0.1, 0.15) is 10.8 Å². The lowest BCUT2D eigenvalue weighted by Gasteiger charge is -2.18. The Kier molecular flexibility index (Phi) is 6.94. The summed E-state index contributed by atoms with van der Waals surface area (Å²) in [5.41, 5.74) is 1.23. The Labute approximate surface area is 193 Å². The van der Waals surface area contributed by atoms with Crippen molar-refractivity contribution < 1.29 is 19.1 Å². The van der Waals surface area contributed by atoms with Crippen LogP contribution in [0.2, 0.25) is 0 Å². The molecule has 4 aromatic rings. The zero-order chi connectivity index (χ0) is 22.3. The Morgan fingerprint density at radius 3 is 2.53 bits per heavy atom. The first-order valence-corrected chi connectivity index (χ1v) is 11.7. The standard InChI is InChI=1S/C24H20N2O4S2/c1-2-29-19-12-7-6-11-17(19)25-22(27)21(16-9-4-3-5-10-16)30-24(28)18-15-32-23(26-18)20-13-8-14-31-20/h3-15,21H,2H2,1H3,(H,25,27). The van der Waals surface area contributed by atoms with Gasteiger partial charge in [0.05, 0.1) is 17.2 Å². The monoisotopic (exact) mass is 464 g/mol. The number of amides is 1. The van der Waals surface area contributed by atoms with Gasteiger partial charge in [0.2, 0.25) is 6.10 Å². The highest BCUT2D eigenvalue weighted by Gasteiger charge is 2.27. The number of nitrogens with zero attached hydrogens (tertiary/aromatic N) is 1. The molecule has 0 aliphatic carbocycles. The SMILES string of the molecule is CCOc1ccccc1NC(=O)C(OC(=O)c1csc(-c2cccs2)n1)c1ccccc1. The summed E-state index contributed by atoms with van der Waals surface area (Å²) in [6.07, 6.45) is -1.15. The molecular weight excluding hydrogens is 444 g/mol. The van der Waals surface area contributed by atoms with Crippen molar-refractivity contribution >= 4 is 40.2 Å². The normalized spacial score (nSPS) is 11.5. The van der Waals surface area contributed by atoms with Gasteiger partial charge < -0.3 is 14.8 Å². The smallest absolute Gasteiger partial charge is 0.358 e. The van der Waals surface area contributed by atoms with E-state index in [1.54, 1.807) is 59.2 Å². The molecule has 162 valence electrons. The first-order valence-electron chi connectivity index (χ1n) is 9.93. The molecule has 8 heteroatoms. The Bertz CT molecular complexity index is 1190. The highest BCUT2D eigenvalue weighted by molar-refractivity contribution is 7.20. The molecule has 0 saturated carbocycles. The van der Waals surface area contributed by atoms with Crippen LogP contribution in [0.1, 0.15) is 29.1 Å². The van der Waals surface area contributed by atoms with Gasteiger partial charge in [0.25, 0.3) is 5.91 Å². The zero-order valence-corrected chi connectivity index (χ0v) is 18.8. The number of nitrogens with one attached hydrogen (secondary N) is 1. The number of ether oxygens (including phenoxy) is 2. The van der Waals surface area contributed by atoms with Crippen molar-refractivity contribution in [2.24, 2.45) is 0 Å². The van der Waals surface area contributed by atoms with Crippen molar-refractivity contribution in [1.82, 2.24) is 4.98 Å². The molecule has 2 heterocycles. The molecule has 0 radical (unpaired) electrons. The van der Waals surface area contributed by atoms with Crippen molar-refractivity contribution in [1.29, 1.82) is 0 Å². The summed E-state index contributed by atoms with van der Waals surface area (Å²) < 4.78 is 11.2. The van der Waals surface area contributed by atoms with E-state index in [1.807, 2.05) is 36.6 Å². The van der Waals surface area contributed by atoms with Crippen LogP contribution in [-0.2, 0) is 9.53 Å². The molecule has 4 rings (SSSR count). The molecule has 32 heavy (non-hydrogen) atoms. The number of aromatic nitrogens is 1. The maximum absolute atomic E-state index is 13.2. The Balaban J connectivity index is 1.56. The number of esters is 1. The van der Waals surface area contributed by atoms with Crippen LogP contribution in [0.15, 0.2) is 77.5 Å². The van der Waals surface area contributed by atoms with Gasteiger partial charge in [0.15, 0.2) is 5.69 Å². The summed E-state index contributed by atoms with van der Waals surface area (Å²) in [4.78, 5) is 31.4. The average Bonchev–Trinajstić information content (AvgIpc) is 3.51. The number of anilines is 1. The average molecular weight is 465 g/mol. The molecular formula is C24H20N2O4S2. The van der Waals surface area contributed by atoms with E-state index in [2.05, 4.69) is 10.3 Å². The molecule has 0 aliphatic rings. The van der Waals surface area contributed by atoms with Gasteiger partial charge >= 0.3 is 5.97 Å². The van der Waals surface area contributed by atoms with E-state index < -0.39 is 18.0 Å². The number of rotatable bonds is 8. The van der Waals surface area contributed by atoms with Gasteiger partial charge in [-0.15, -0.1) is 22.7 Å². The summed E-state index contributed by atoms with van der Waals surface area (Å²) in [6, 6.07) is 19.9. The third-order valence-corrected chi connectivity index (χ3v) is 6.34. The van der Waals surface area contributed by atoms with Crippen molar-refractivity contribution in [2.75, 3.05) is 11.9 Å². The van der Waals surface area contributed by atoms with Gasteiger partial charge in [-0.25, -0.2) is 9.78 Å². The van der Waals surface area contributed by atoms with Crippen LogP contribution in [0, 0.1) is 0 Å². The molecule has 1 amide bonds. The highest BCUT2D eigenvalue weighted by atomic mass is 32.1. The predicted molar refractivity (Wildman–Crippen MR) is 126 cm³/mol. The fourth-order valence-electron chi connectivity index (χ4n) is 3.00. The Morgan fingerprint density at radius 1 is 1.00 bits per heavy atom. The molecule has 0 fully saturated rings. The minimum Gasteiger partial charge on any atom is -0.492 e. The molecule has 0 aliphatic heterocycles. The number of para-hydroxylation sites is 2. The summed E-state index contributed by atoms with van der Waals surface area (Å²) in [7, 11) is 0. The number of hydrogen-bond donors (Lipinski definition) is 1. The predicted octanol–water partition coefficient (Wildman–Crippen LogP) is 5.81. The number of carbonyl (C=O) groups excluding carboxylic acids is 2. The van der Waals surface area contributed by atoms with Crippen LogP contribution >= 0.6 is 22.7 Å². The third kappa shape index (κ3) is 5.04. The number of hydrogen-bond acceptors (Lipinski definition) is 7. The van der Waals surface area contributed by atoms with E-state index in [9.17, 15) is 9.59 Å². The van der Waals surface area contributed by atoms with Gasteiger partial charge in [-0.3, -0.25) is 4.79 Å². The molecule has 2 aromatic carbocycles. The van der Waals surface area contributed by atoms with E-state index in [1.165, 1.54) is 11.3 Å². The minimum absolute atomic E-state index is 0.168. The zero-order valence-electron chi connectivity index (χ0n) is 17.2. The van der Waals surface area contributed by atoms with Gasteiger partial charge in [-0.05, 0) is 30.5 Å². The van der Waals surface area contributed by atoms with Crippen LogP contribution in [-0.4, -0.2) is 23.5 Å². The van der Waals surface area contributed by atoms with Gasteiger partial charge in [-0.1, -0.05) is 48.5 Å². The molecule has 0 saturated heterocycles. The molecule has 0 spiro atoms. The topological polar surface area (TPSA) is 77.5 Å². The third-order valence-electron chi connectivity index (χ3n) is 4.46. The number of thiophene rings is 1. The summed E-state index contributed by atoms with van der Waals surface area (Å²) in [5.74, 6) is -0.599.